The summed E-state index contributed by atoms with van der Waals surface area (Å²) >= 11 is 0. The molecule has 4 heteroatoms. The standard InChI is InChI=1S/C21H38O3Si/c1-8-10-11-12-16(22)13-14-18-17(9-2)20(15-19(18)23)24-25(6,7)21(3,4)5/h9,13-14,17-20,23H,2,8,10-12,15H2,1,3-7H3/b14-13+/t17?,18?,19-,20+/m0/s1. The highest BCUT2D eigenvalue weighted by atomic mass is 28.4. The van der Waals surface area contributed by atoms with E-state index in [0.29, 0.717) is 12.8 Å². The second-order valence-electron chi connectivity index (χ2n) is 8.89. The molecule has 1 N–H and O–H groups in total. The van der Waals surface area contributed by atoms with E-state index in [1.165, 1.54) is 0 Å². The molecule has 1 aliphatic carbocycles. The number of ketones is 1. The Labute approximate surface area is 155 Å². The number of hydrogen-bond donors (Lipinski definition) is 1. The third-order valence-electron chi connectivity index (χ3n) is 5.85. The maximum Gasteiger partial charge on any atom is 0.192 e. The van der Waals surface area contributed by atoms with Crippen molar-refractivity contribution in [1.29, 1.82) is 0 Å². The number of carbonyl (C=O) groups is 1. The normalized spacial score (nSPS) is 27.8. The van der Waals surface area contributed by atoms with Crippen molar-refractivity contribution in [2.24, 2.45) is 11.8 Å². The zero-order valence-corrected chi connectivity index (χ0v) is 18.0. The van der Waals surface area contributed by atoms with Crippen LogP contribution in [0.25, 0.3) is 0 Å². The zero-order valence-electron chi connectivity index (χ0n) is 17.0. The molecule has 0 bridgehead atoms. The van der Waals surface area contributed by atoms with Gasteiger partial charge in [0.1, 0.15) is 0 Å². The Morgan fingerprint density at radius 1 is 1.28 bits per heavy atom. The van der Waals surface area contributed by atoms with Gasteiger partial charge >= 0.3 is 0 Å². The minimum atomic E-state index is -1.90. The molecule has 0 aliphatic heterocycles. The van der Waals surface area contributed by atoms with Crippen molar-refractivity contribution in [2.45, 2.75) is 90.1 Å². The molecule has 1 saturated carbocycles. The van der Waals surface area contributed by atoms with Gasteiger partial charge in [0.05, 0.1) is 12.2 Å². The molecule has 0 amide bonds. The van der Waals surface area contributed by atoms with Gasteiger partial charge in [-0.1, -0.05) is 52.7 Å². The molecule has 1 aliphatic rings. The van der Waals surface area contributed by atoms with Crippen LogP contribution in [-0.2, 0) is 9.22 Å². The second-order valence-corrected chi connectivity index (χ2v) is 13.6. The Morgan fingerprint density at radius 3 is 2.44 bits per heavy atom. The molecule has 144 valence electrons. The Bertz CT molecular complexity index is 476. The Hall–Kier alpha value is -0.713. The molecule has 0 saturated heterocycles. The average Bonchev–Trinajstić information content (AvgIpc) is 2.78. The zero-order chi connectivity index (χ0) is 19.3. The summed E-state index contributed by atoms with van der Waals surface area (Å²) in [6.45, 7) is 17.2. The minimum absolute atomic E-state index is 0.0155. The maximum atomic E-state index is 12.0. The van der Waals surface area contributed by atoms with E-state index in [1.807, 2.05) is 12.2 Å². The van der Waals surface area contributed by atoms with Crippen molar-refractivity contribution in [1.82, 2.24) is 0 Å². The smallest absolute Gasteiger partial charge is 0.192 e. The van der Waals surface area contributed by atoms with Crippen LogP contribution in [0.2, 0.25) is 18.1 Å². The van der Waals surface area contributed by atoms with Crippen molar-refractivity contribution in [3.8, 4) is 0 Å². The highest BCUT2D eigenvalue weighted by molar-refractivity contribution is 6.74. The lowest BCUT2D eigenvalue weighted by Crippen LogP contribution is -2.44. The number of aliphatic hydroxyl groups excluding tert-OH is 1. The largest absolute Gasteiger partial charge is 0.413 e. The molecular weight excluding hydrogens is 328 g/mol. The number of aliphatic hydroxyl groups is 1. The lowest BCUT2D eigenvalue weighted by Gasteiger charge is -2.39. The SMILES string of the molecule is C=CC1C(/C=C/C(=O)CCCCC)[C@@H](O)C[C@H]1O[Si](C)(C)C(C)(C)C. The molecule has 1 rings (SSSR count). The minimum Gasteiger partial charge on any atom is -0.413 e. The topological polar surface area (TPSA) is 46.5 Å². The quantitative estimate of drug-likeness (QED) is 0.262. The molecule has 3 nitrogen and oxygen atoms in total. The molecule has 0 radical (unpaired) electrons. The predicted molar refractivity (Wildman–Crippen MR) is 108 cm³/mol. The lowest BCUT2D eigenvalue weighted by molar-refractivity contribution is -0.114. The van der Waals surface area contributed by atoms with E-state index < -0.39 is 14.4 Å². The third-order valence-corrected chi connectivity index (χ3v) is 10.4. The Morgan fingerprint density at radius 2 is 1.92 bits per heavy atom. The summed E-state index contributed by atoms with van der Waals surface area (Å²) in [5.74, 6) is 0.128. The van der Waals surface area contributed by atoms with E-state index in [9.17, 15) is 9.90 Å². The first-order chi connectivity index (χ1) is 11.5. The summed E-state index contributed by atoms with van der Waals surface area (Å²) in [6, 6.07) is 0. The van der Waals surface area contributed by atoms with E-state index in [1.54, 1.807) is 6.08 Å². The fourth-order valence-electron chi connectivity index (χ4n) is 3.16. The van der Waals surface area contributed by atoms with Gasteiger partial charge in [-0.3, -0.25) is 4.79 Å². The fourth-order valence-corrected chi connectivity index (χ4v) is 4.52. The molecule has 0 spiro atoms. The summed E-state index contributed by atoms with van der Waals surface area (Å²) in [5, 5.41) is 10.6. The monoisotopic (exact) mass is 366 g/mol. The number of hydrogen-bond acceptors (Lipinski definition) is 3. The van der Waals surface area contributed by atoms with Gasteiger partial charge in [0.2, 0.25) is 0 Å². The van der Waals surface area contributed by atoms with Gasteiger partial charge in [0, 0.05) is 18.3 Å². The van der Waals surface area contributed by atoms with Crippen LogP contribution < -0.4 is 0 Å². The van der Waals surface area contributed by atoms with Crippen molar-refractivity contribution in [3.63, 3.8) is 0 Å². The first-order valence-electron chi connectivity index (χ1n) is 9.73. The van der Waals surface area contributed by atoms with Crippen molar-refractivity contribution in [3.05, 3.63) is 24.8 Å². The summed E-state index contributed by atoms with van der Waals surface area (Å²) in [6.07, 6.45) is 9.30. The van der Waals surface area contributed by atoms with Gasteiger partial charge in [-0.05, 0) is 37.0 Å². The molecule has 25 heavy (non-hydrogen) atoms. The molecule has 0 aromatic rings. The molecule has 2 unspecified atom stereocenters. The first-order valence-corrected chi connectivity index (χ1v) is 12.6. The van der Waals surface area contributed by atoms with Gasteiger partial charge < -0.3 is 9.53 Å². The van der Waals surface area contributed by atoms with Gasteiger partial charge in [0.15, 0.2) is 14.1 Å². The molecule has 0 heterocycles. The van der Waals surface area contributed by atoms with E-state index in [-0.39, 0.29) is 28.8 Å². The van der Waals surface area contributed by atoms with Gasteiger partial charge in [-0.2, -0.15) is 0 Å². The van der Waals surface area contributed by atoms with E-state index in [0.717, 1.165) is 19.3 Å². The van der Waals surface area contributed by atoms with E-state index in [2.05, 4.69) is 47.4 Å². The fraction of sp³-hybridized carbons (Fsp3) is 0.762. The molecule has 4 atom stereocenters. The summed E-state index contributed by atoms with van der Waals surface area (Å²) in [7, 11) is -1.90. The highest BCUT2D eigenvalue weighted by Crippen LogP contribution is 2.43. The van der Waals surface area contributed by atoms with Crippen LogP contribution in [0.4, 0.5) is 0 Å². The highest BCUT2D eigenvalue weighted by Gasteiger charge is 2.46. The third kappa shape index (κ3) is 6.19. The average molecular weight is 367 g/mol. The molecular formula is C21H38O3Si. The second kappa shape index (κ2) is 9.29. The van der Waals surface area contributed by atoms with Crippen LogP contribution in [0.5, 0.6) is 0 Å². The summed E-state index contributed by atoms with van der Waals surface area (Å²) < 4.78 is 6.54. The van der Waals surface area contributed by atoms with Crippen LogP contribution in [0, 0.1) is 11.8 Å². The van der Waals surface area contributed by atoms with Gasteiger partial charge in [0.25, 0.3) is 0 Å². The number of rotatable bonds is 9. The molecule has 0 aromatic heterocycles. The van der Waals surface area contributed by atoms with Crippen LogP contribution in [-0.4, -0.2) is 31.4 Å². The molecule has 1 fully saturated rings. The first kappa shape index (κ1) is 22.3. The molecule has 0 aromatic carbocycles. The van der Waals surface area contributed by atoms with Crippen molar-refractivity contribution < 1.29 is 14.3 Å². The van der Waals surface area contributed by atoms with Crippen molar-refractivity contribution >= 4 is 14.1 Å². The van der Waals surface area contributed by atoms with Crippen molar-refractivity contribution in [2.75, 3.05) is 0 Å². The van der Waals surface area contributed by atoms with Gasteiger partial charge in [-0.15, -0.1) is 6.58 Å². The van der Waals surface area contributed by atoms with Crippen LogP contribution >= 0.6 is 0 Å². The van der Waals surface area contributed by atoms with E-state index >= 15 is 0 Å². The van der Waals surface area contributed by atoms with Crippen LogP contribution in [0.1, 0.15) is 59.8 Å². The predicted octanol–water partition coefficient (Wildman–Crippen LogP) is 5.27. The number of allylic oxidation sites excluding steroid dienone is 1. The number of carbonyl (C=O) groups excluding carboxylic acids is 1. The maximum absolute atomic E-state index is 12.0. The van der Waals surface area contributed by atoms with Crippen LogP contribution in [0.15, 0.2) is 24.8 Å². The lowest BCUT2D eigenvalue weighted by atomic mass is 9.93. The summed E-state index contributed by atoms with van der Waals surface area (Å²) in [4.78, 5) is 12.0. The van der Waals surface area contributed by atoms with E-state index in [4.69, 9.17) is 4.43 Å². The van der Waals surface area contributed by atoms with Crippen LogP contribution in [0.3, 0.4) is 0 Å². The van der Waals surface area contributed by atoms with Gasteiger partial charge in [-0.25, -0.2) is 0 Å². The Balaban J connectivity index is 2.77. The number of unbranched alkanes of at least 4 members (excludes halogenated alkanes) is 2. The summed E-state index contributed by atoms with van der Waals surface area (Å²) in [5.41, 5.74) is 0. The Kier molecular flexibility index (Phi) is 8.30.